The number of thioether (sulfide) groups is 1. The van der Waals surface area contributed by atoms with Crippen LogP contribution in [0, 0.1) is 0 Å². The summed E-state index contributed by atoms with van der Waals surface area (Å²) in [6.45, 7) is 1.91. The number of rotatable bonds is 2. The molecule has 1 atom stereocenters. The number of hydrogen-bond acceptors (Lipinski definition) is 3. The molecule has 96 valence electrons. The molecule has 1 saturated heterocycles. The number of hydrogen-bond donors (Lipinski definition) is 0. The normalized spacial score (nSPS) is 21.1. The molecule has 0 saturated carbocycles. The molecule has 1 aliphatic rings. The molecular weight excluding hydrogens is 256 g/mol. The van der Waals surface area contributed by atoms with Gasteiger partial charge in [0.05, 0.1) is 0 Å². The molecule has 0 aliphatic carbocycles. The first-order valence-corrected chi connectivity index (χ1v) is 7.11. The second-order valence-electron chi connectivity index (χ2n) is 4.50. The van der Waals surface area contributed by atoms with Crippen LogP contribution in [0.5, 0.6) is 0 Å². The summed E-state index contributed by atoms with van der Waals surface area (Å²) >= 11 is 1.56. The van der Waals surface area contributed by atoms with Crippen LogP contribution in [0.1, 0.15) is 18.1 Å². The van der Waals surface area contributed by atoms with Gasteiger partial charge in [-0.3, -0.25) is 0 Å². The van der Waals surface area contributed by atoms with Gasteiger partial charge in [0.1, 0.15) is 5.44 Å². The van der Waals surface area contributed by atoms with Gasteiger partial charge in [0, 0.05) is 0 Å². The van der Waals surface area contributed by atoms with E-state index in [4.69, 9.17) is 4.74 Å². The van der Waals surface area contributed by atoms with Gasteiger partial charge >= 0.3 is 5.97 Å². The first-order valence-electron chi connectivity index (χ1n) is 6.23. The molecule has 3 heteroatoms. The molecule has 1 aliphatic heterocycles. The molecule has 1 unspecified atom stereocenters. The van der Waals surface area contributed by atoms with Crippen molar-refractivity contribution in [2.24, 2.45) is 0 Å². The van der Waals surface area contributed by atoms with Crippen LogP contribution in [-0.4, -0.2) is 11.4 Å². The smallest absolute Gasteiger partial charge is 0.332 e. The highest BCUT2D eigenvalue weighted by atomic mass is 32.2. The summed E-state index contributed by atoms with van der Waals surface area (Å²) in [4.78, 5) is 12.5. The Morgan fingerprint density at radius 3 is 1.79 bits per heavy atom. The maximum Gasteiger partial charge on any atom is 0.332 e. The highest BCUT2D eigenvalue weighted by Gasteiger charge is 2.51. The minimum atomic E-state index is -0.734. The lowest BCUT2D eigenvalue weighted by Gasteiger charge is -2.25. The van der Waals surface area contributed by atoms with E-state index in [2.05, 4.69) is 0 Å². The minimum Gasteiger partial charge on any atom is -0.450 e. The largest absolute Gasteiger partial charge is 0.450 e. The van der Waals surface area contributed by atoms with E-state index in [-0.39, 0.29) is 11.4 Å². The second kappa shape index (κ2) is 4.74. The van der Waals surface area contributed by atoms with Gasteiger partial charge in [-0.1, -0.05) is 72.4 Å². The van der Waals surface area contributed by atoms with E-state index in [0.717, 1.165) is 11.1 Å². The molecular formula is C16H14O2S. The minimum absolute atomic E-state index is 0.132. The van der Waals surface area contributed by atoms with Crippen molar-refractivity contribution >= 4 is 17.7 Å². The molecule has 0 N–H and O–H groups in total. The molecule has 0 aromatic heterocycles. The van der Waals surface area contributed by atoms with Crippen molar-refractivity contribution in [1.82, 2.24) is 0 Å². The van der Waals surface area contributed by atoms with Crippen molar-refractivity contribution in [3.05, 3.63) is 71.8 Å². The van der Waals surface area contributed by atoms with Gasteiger partial charge in [-0.25, -0.2) is 4.79 Å². The predicted octanol–water partition coefficient (Wildman–Crippen LogP) is 3.57. The van der Waals surface area contributed by atoms with Crippen LogP contribution in [0.4, 0.5) is 0 Å². The summed E-state index contributed by atoms with van der Waals surface area (Å²) < 4.78 is 4.68. The van der Waals surface area contributed by atoms with E-state index in [0.29, 0.717) is 0 Å². The summed E-state index contributed by atoms with van der Waals surface area (Å²) in [6, 6.07) is 19.7. The number of esters is 1. The number of benzene rings is 2. The van der Waals surface area contributed by atoms with E-state index in [1.807, 2.05) is 67.6 Å². The van der Waals surface area contributed by atoms with Gasteiger partial charge in [0.25, 0.3) is 0 Å². The number of carbonyl (C=O) groups is 1. The Hall–Kier alpha value is -1.74. The van der Waals surface area contributed by atoms with E-state index in [1.54, 1.807) is 11.8 Å². The van der Waals surface area contributed by atoms with Crippen molar-refractivity contribution < 1.29 is 9.53 Å². The zero-order valence-electron chi connectivity index (χ0n) is 10.6. The number of carbonyl (C=O) groups excluding carboxylic acids is 1. The van der Waals surface area contributed by atoms with Crippen LogP contribution in [0.2, 0.25) is 0 Å². The lowest BCUT2D eigenvalue weighted by molar-refractivity contribution is -0.144. The fourth-order valence-electron chi connectivity index (χ4n) is 2.44. The molecule has 3 rings (SSSR count). The van der Waals surface area contributed by atoms with Crippen LogP contribution in [0.3, 0.4) is 0 Å². The molecule has 1 fully saturated rings. The first-order chi connectivity index (χ1) is 9.23. The standard InChI is InChI=1S/C16H14O2S/c1-12-18-15(17)16(19-12,13-8-4-2-5-9-13)14-10-6-3-7-11-14/h2-12H,1H3. The van der Waals surface area contributed by atoms with Gasteiger partial charge in [0.15, 0.2) is 4.75 Å². The number of cyclic esters (lactones) is 1. The molecule has 2 aromatic rings. The predicted molar refractivity (Wildman–Crippen MR) is 76.8 cm³/mol. The highest BCUT2D eigenvalue weighted by molar-refractivity contribution is 8.02. The Morgan fingerprint density at radius 1 is 0.947 bits per heavy atom. The summed E-state index contributed by atoms with van der Waals surface area (Å²) in [5.41, 5.74) is 1.81. The monoisotopic (exact) mass is 270 g/mol. The Balaban J connectivity index is 2.20. The summed E-state index contributed by atoms with van der Waals surface area (Å²) in [6.07, 6.45) is 0. The third kappa shape index (κ3) is 1.94. The molecule has 0 radical (unpaired) electrons. The molecule has 2 aromatic carbocycles. The van der Waals surface area contributed by atoms with Crippen molar-refractivity contribution in [3.8, 4) is 0 Å². The molecule has 1 heterocycles. The lowest BCUT2D eigenvalue weighted by atomic mass is 9.90. The quantitative estimate of drug-likeness (QED) is 0.780. The zero-order valence-corrected chi connectivity index (χ0v) is 11.4. The van der Waals surface area contributed by atoms with Crippen LogP contribution >= 0.6 is 11.8 Å². The fraction of sp³-hybridized carbons (Fsp3) is 0.188. The molecule has 2 nitrogen and oxygen atoms in total. The van der Waals surface area contributed by atoms with Crippen molar-refractivity contribution in [3.63, 3.8) is 0 Å². The Morgan fingerprint density at radius 2 is 1.42 bits per heavy atom. The number of ether oxygens (including phenoxy) is 1. The van der Waals surface area contributed by atoms with Crippen molar-refractivity contribution in [1.29, 1.82) is 0 Å². The average molecular weight is 270 g/mol. The summed E-state index contributed by atoms with van der Waals surface area (Å²) in [7, 11) is 0. The van der Waals surface area contributed by atoms with Gasteiger partial charge in [-0.15, -0.1) is 0 Å². The molecule has 19 heavy (non-hydrogen) atoms. The fourth-order valence-corrected chi connectivity index (χ4v) is 3.76. The maximum atomic E-state index is 12.5. The van der Waals surface area contributed by atoms with Gasteiger partial charge in [-0.2, -0.15) is 0 Å². The lowest BCUT2D eigenvalue weighted by Crippen LogP contribution is -2.30. The molecule has 0 amide bonds. The summed E-state index contributed by atoms with van der Waals surface area (Å²) in [5.74, 6) is -0.178. The average Bonchev–Trinajstić information content (AvgIpc) is 2.76. The van der Waals surface area contributed by atoms with E-state index >= 15 is 0 Å². The van der Waals surface area contributed by atoms with E-state index < -0.39 is 4.75 Å². The Kier molecular flexibility index (Phi) is 3.07. The Labute approximate surface area is 116 Å². The van der Waals surface area contributed by atoms with Gasteiger partial charge in [0.2, 0.25) is 0 Å². The van der Waals surface area contributed by atoms with Crippen molar-refractivity contribution in [2.75, 3.05) is 0 Å². The van der Waals surface area contributed by atoms with Crippen LogP contribution < -0.4 is 0 Å². The van der Waals surface area contributed by atoms with Crippen molar-refractivity contribution in [2.45, 2.75) is 17.1 Å². The third-order valence-electron chi connectivity index (χ3n) is 3.26. The first kappa shape index (κ1) is 12.3. The third-order valence-corrected chi connectivity index (χ3v) is 4.68. The van der Waals surface area contributed by atoms with Crippen LogP contribution in [0.15, 0.2) is 60.7 Å². The zero-order chi connectivity index (χ0) is 13.3. The summed E-state index contributed by atoms with van der Waals surface area (Å²) in [5, 5.41) is 0. The van der Waals surface area contributed by atoms with Gasteiger partial charge in [-0.05, 0) is 18.1 Å². The topological polar surface area (TPSA) is 26.3 Å². The van der Waals surface area contributed by atoms with Gasteiger partial charge < -0.3 is 4.74 Å². The molecule has 0 bridgehead atoms. The van der Waals surface area contributed by atoms with E-state index in [9.17, 15) is 4.79 Å². The second-order valence-corrected chi connectivity index (χ2v) is 6.02. The SMILES string of the molecule is CC1OC(=O)C(c2ccccc2)(c2ccccc2)S1. The highest BCUT2D eigenvalue weighted by Crippen LogP contribution is 2.50. The van der Waals surface area contributed by atoms with E-state index in [1.165, 1.54) is 0 Å². The molecule has 0 spiro atoms. The van der Waals surface area contributed by atoms with Crippen LogP contribution in [0.25, 0.3) is 0 Å². The maximum absolute atomic E-state index is 12.5. The van der Waals surface area contributed by atoms with Crippen LogP contribution in [-0.2, 0) is 14.3 Å². The Bertz CT molecular complexity index is 541.